The van der Waals surface area contributed by atoms with Gasteiger partial charge in [-0.3, -0.25) is 14.3 Å². The van der Waals surface area contributed by atoms with E-state index in [1.165, 1.54) is 23.0 Å². The van der Waals surface area contributed by atoms with Crippen molar-refractivity contribution < 1.29 is 0 Å². The van der Waals surface area contributed by atoms with Crippen molar-refractivity contribution in [1.29, 1.82) is 0 Å². The summed E-state index contributed by atoms with van der Waals surface area (Å²) < 4.78 is 1.38. The van der Waals surface area contributed by atoms with Crippen molar-refractivity contribution in [2.75, 3.05) is 23.7 Å². The molecule has 0 fully saturated rings. The number of hydrogen-bond donors (Lipinski definition) is 3. The van der Waals surface area contributed by atoms with E-state index in [0.29, 0.717) is 18.2 Å². The summed E-state index contributed by atoms with van der Waals surface area (Å²) in [5, 5.41) is 3.54. The Morgan fingerprint density at radius 3 is 2.70 bits per heavy atom. The zero-order valence-corrected chi connectivity index (χ0v) is 18.1. The molecular weight excluding hydrogens is 398 g/mol. The van der Waals surface area contributed by atoms with E-state index in [1.54, 1.807) is 4.90 Å². The van der Waals surface area contributed by atoms with Crippen LogP contribution in [-0.4, -0.2) is 27.8 Å². The number of H-pyrrole nitrogens is 1. The fraction of sp³-hybridized carbons (Fsp3) is 0.409. The number of anilines is 2. The Kier molecular flexibility index (Phi) is 7.46. The van der Waals surface area contributed by atoms with Crippen molar-refractivity contribution in [3.8, 4) is 0 Å². The normalized spacial score (nSPS) is 13.6. The summed E-state index contributed by atoms with van der Waals surface area (Å²) in [5.74, 6) is 0.116. The third-order valence-corrected chi connectivity index (χ3v) is 5.65. The van der Waals surface area contributed by atoms with Gasteiger partial charge in [-0.05, 0) is 56.8 Å². The highest BCUT2D eigenvalue weighted by Gasteiger charge is 2.22. The molecule has 7 nitrogen and oxygen atoms in total. The summed E-state index contributed by atoms with van der Waals surface area (Å²) in [6.45, 7) is 3.36. The minimum absolute atomic E-state index is 0.116. The highest BCUT2D eigenvalue weighted by Crippen LogP contribution is 2.23. The number of hydrogen-bond acceptors (Lipinski definition) is 4. The number of thiocarbonyl (C=S) groups is 1. The van der Waals surface area contributed by atoms with Crippen LogP contribution >= 0.6 is 12.2 Å². The van der Waals surface area contributed by atoms with E-state index in [9.17, 15) is 9.59 Å². The van der Waals surface area contributed by atoms with Gasteiger partial charge in [-0.25, -0.2) is 4.79 Å². The number of nitrogens with zero attached hydrogens (tertiary/aromatic N) is 2. The average molecular weight is 428 g/mol. The molecular formula is C22H29N5O2S. The van der Waals surface area contributed by atoms with E-state index in [1.807, 2.05) is 37.3 Å². The van der Waals surface area contributed by atoms with Gasteiger partial charge in [0.2, 0.25) is 0 Å². The Hall–Kier alpha value is -2.87. The van der Waals surface area contributed by atoms with Gasteiger partial charge in [-0.1, -0.05) is 42.0 Å². The molecule has 2 aromatic rings. The second-order valence-electron chi connectivity index (χ2n) is 7.41. The van der Waals surface area contributed by atoms with Gasteiger partial charge in [0.05, 0.1) is 6.54 Å². The molecule has 30 heavy (non-hydrogen) atoms. The molecule has 0 saturated carbocycles. The molecule has 160 valence electrons. The number of nitrogens with two attached hydrogens (primary N) is 1. The molecule has 0 spiro atoms. The predicted octanol–water partition coefficient (Wildman–Crippen LogP) is 2.76. The van der Waals surface area contributed by atoms with E-state index in [-0.39, 0.29) is 18.1 Å². The second kappa shape index (κ2) is 10.2. The number of nitrogen functional groups attached to an aromatic ring is 1. The number of aromatic nitrogens is 2. The summed E-state index contributed by atoms with van der Waals surface area (Å²) in [6, 6.07) is 9.52. The van der Waals surface area contributed by atoms with Crippen LogP contribution in [0, 0.1) is 0 Å². The molecule has 1 aliphatic carbocycles. The molecule has 0 unspecified atom stereocenters. The quantitative estimate of drug-likeness (QED) is 0.464. The Morgan fingerprint density at radius 1 is 1.27 bits per heavy atom. The molecule has 3 rings (SSSR count). The maximum absolute atomic E-state index is 12.8. The van der Waals surface area contributed by atoms with Crippen LogP contribution in [0.3, 0.4) is 0 Å². The summed E-state index contributed by atoms with van der Waals surface area (Å²) in [7, 11) is 0. The van der Waals surface area contributed by atoms with Gasteiger partial charge in [-0.2, -0.15) is 0 Å². The number of benzene rings is 1. The Bertz CT molecular complexity index is 1030. The average Bonchev–Trinajstić information content (AvgIpc) is 2.75. The lowest BCUT2D eigenvalue weighted by Crippen LogP contribution is -2.46. The number of nitrogens with one attached hydrogen (secondary N) is 2. The predicted molar refractivity (Wildman–Crippen MR) is 126 cm³/mol. The molecule has 0 bridgehead atoms. The van der Waals surface area contributed by atoms with Crippen LogP contribution in [0.5, 0.6) is 0 Å². The SMILES string of the molecule is CCNC(=S)N(CCC1=CCCCC1)c1c(N)n(Cc2ccccc2)c(=O)[nH]c1=O. The molecule has 0 atom stereocenters. The van der Waals surface area contributed by atoms with E-state index in [0.717, 1.165) is 24.8 Å². The smallest absolute Gasteiger partial charge is 0.330 e. The highest BCUT2D eigenvalue weighted by molar-refractivity contribution is 7.80. The van der Waals surface area contributed by atoms with Crippen molar-refractivity contribution in [2.24, 2.45) is 0 Å². The van der Waals surface area contributed by atoms with Crippen LogP contribution in [-0.2, 0) is 6.54 Å². The van der Waals surface area contributed by atoms with E-state index in [2.05, 4.69) is 16.4 Å². The van der Waals surface area contributed by atoms with Gasteiger partial charge in [0.15, 0.2) is 10.8 Å². The highest BCUT2D eigenvalue weighted by atomic mass is 32.1. The maximum Gasteiger partial charge on any atom is 0.330 e. The van der Waals surface area contributed by atoms with E-state index in [4.69, 9.17) is 18.0 Å². The maximum atomic E-state index is 12.8. The van der Waals surface area contributed by atoms with Crippen molar-refractivity contribution in [2.45, 2.75) is 45.6 Å². The second-order valence-corrected chi connectivity index (χ2v) is 7.80. The van der Waals surface area contributed by atoms with Crippen molar-refractivity contribution >= 4 is 28.8 Å². The summed E-state index contributed by atoms with van der Waals surface area (Å²) in [5.41, 5.74) is 7.82. The first-order valence-electron chi connectivity index (χ1n) is 10.4. The standard InChI is InChI=1S/C22H29N5O2S/c1-2-24-22(30)26(14-13-16-9-5-3-6-10-16)18-19(23)27(21(29)25-20(18)28)15-17-11-7-4-8-12-17/h4,7-9,11-12H,2-3,5-6,10,13-15,23H2,1H3,(H,24,30)(H,25,28,29). The van der Waals surface area contributed by atoms with Gasteiger partial charge in [0.25, 0.3) is 5.56 Å². The lowest BCUT2D eigenvalue weighted by molar-refractivity contribution is 0.673. The van der Waals surface area contributed by atoms with Crippen LogP contribution in [0.1, 0.15) is 44.6 Å². The molecule has 0 saturated heterocycles. The molecule has 0 aliphatic heterocycles. The number of rotatable bonds is 7. The van der Waals surface area contributed by atoms with E-state index >= 15 is 0 Å². The van der Waals surface area contributed by atoms with E-state index < -0.39 is 11.2 Å². The van der Waals surface area contributed by atoms with Crippen LogP contribution in [0.4, 0.5) is 11.5 Å². The monoisotopic (exact) mass is 427 g/mol. The molecule has 1 aliphatic rings. The fourth-order valence-corrected chi connectivity index (χ4v) is 4.04. The van der Waals surface area contributed by atoms with Gasteiger partial charge in [0.1, 0.15) is 5.82 Å². The van der Waals surface area contributed by atoms with Crippen molar-refractivity contribution in [1.82, 2.24) is 14.9 Å². The zero-order valence-electron chi connectivity index (χ0n) is 17.3. The first kappa shape index (κ1) is 21.8. The lowest BCUT2D eigenvalue weighted by atomic mass is 9.97. The van der Waals surface area contributed by atoms with Gasteiger partial charge in [0, 0.05) is 13.1 Å². The number of aromatic amines is 1. The van der Waals surface area contributed by atoms with Gasteiger partial charge >= 0.3 is 5.69 Å². The third kappa shape index (κ3) is 5.18. The Morgan fingerprint density at radius 2 is 2.03 bits per heavy atom. The minimum Gasteiger partial charge on any atom is -0.383 e. The molecule has 0 radical (unpaired) electrons. The third-order valence-electron chi connectivity index (χ3n) is 5.28. The topological polar surface area (TPSA) is 96.2 Å². The Labute approximate surface area is 181 Å². The molecule has 0 amide bonds. The molecule has 1 heterocycles. The summed E-state index contributed by atoms with van der Waals surface area (Å²) in [4.78, 5) is 29.4. The Balaban J connectivity index is 1.97. The first-order valence-corrected chi connectivity index (χ1v) is 10.8. The lowest BCUT2D eigenvalue weighted by Gasteiger charge is -2.27. The largest absolute Gasteiger partial charge is 0.383 e. The van der Waals surface area contributed by atoms with Crippen LogP contribution in [0.2, 0.25) is 0 Å². The molecule has 4 N–H and O–H groups in total. The molecule has 8 heteroatoms. The minimum atomic E-state index is -0.533. The first-order chi connectivity index (χ1) is 14.5. The van der Waals surface area contributed by atoms with Crippen LogP contribution in [0.25, 0.3) is 0 Å². The van der Waals surface area contributed by atoms with Gasteiger partial charge in [-0.15, -0.1) is 0 Å². The van der Waals surface area contributed by atoms with Crippen LogP contribution < -0.4 is 27.2 Å². The van der Waals surface area contributed by atoms with Crippen molar-refractivity contribution in [3.63, 3.8) is 0 Å². The zero-order chi connectivity index (χ0) is 21.5. The van der Waals surface area contributed by atoms with Gasteiger partial charge < -0.3 is 16.0 Å². The van der Waals surface area contributed by atoms with Crippen LogP contribution in [0.15, 0.2) is 51.6 Å². The summed E-state index contributed by atoms with van der Waals surface area (Å²) in [6.07, 6.45) is 7.65. The fourth-order valence-electron chi connectivity index (χ4n) is 3.71. The number of allylic oxidation sites excluding steroid dienone is 1. The molecule has 1 aromatic carbocycles. The molecule has 1 aromatic heterocycles. The van der Waals surface area contributed by atoms with Crippen molar-refractivity contribution in [3.05, 3.63) is 68.4 Å². The summed E-state index contributed by atoms with van der Waals surface area (Å²) >= 11 is 5.55.